The molecule has 112 valence electrons. The first-order chi connectivity index (χ1) is 10.1. The van der Waals surface area contributed by atoms with Crippen molar-refractivity contribution < 1.29 is 8.42 Å². The van der Waals surface area contributed by atoms with Crippen molar-refractivity contribution in [2.75, 3.05) is 6.54 Å². The zero-order chi connectivity index (χ0) is 15.0. The lowest BCUT2D eigenvalue weighted by atomic mass is 10.0. The van der Waals surface area contributed by atoms with Gasteiger partial charge >= 0.3 is 0 Å². The highest BCUT2D eigenvalue weighted by atomic mass is 79.9. The van der Waals surface area contributed by atoms with Crippen LogP contribution in [-0.2, 0) is 16.4 Å². The van der Waals surface area contributed by atoms with Gasteiger partial charge in [-0.15, -0.1) is 11.3 Å². The number of nitrogens with zero attached hydrogens (tertiary/aromatic N) is 1. The topological polar surface area (TPSA) is 37.4 Å². The average molecular weight is 386 g/mol. The zero-order valence-electron chi connectivity index (χ0n) is 11.6. The van der Waals surface area contributed by atoms with E-state index in [0.717, 1.165) is 12.8 Å². The minimum Gasteiger partial charge on any atom is -0.207 e. The van der Waals surface area contributed by atoms with E-state index in [9.17, 15) is 8.42 Å². The van der Waals surface area contributed by atoms with Crippen LogP contribution in [0.3, 0.4) is 0 Å². The highest BCUT2D eigenvalue weighted by molar-refractivity contribution is 9.10. The SMILES string of the molecule is CC[C@@H]1c2ccsc2CCN1S(=O)(=O)c1ccccc1Br. The van der Waals surface area contributed by atoms with Crippen molar-refractivity contribution in [3.63, 3.8) is 0 Å². The number of sulfonamides is 1. The molecule has 1 aromatic heterocycles. The molecule has 2 heterocycles. The Balaban J connectivity index is 2.06. The molecule has 0 saturated carbocycles. The summed E-state index contributed by atoms with van der Waals surface area (Å²) < 4.78 is 28.3. The monoisotopic (exact) mass is 385 g/mol. The molecule has 1 aromatic carbocycles. The van der Waals surface area contributed by atoms with Crippen LogP contribution in [0.1, 0.15) is 29.8 Å². The standard InChI is InChI=1S/C15H16BrNO2S2/c1-2-13-11-8-10-20-14(11)7-9-17(13)21(18,19)15-6-4-3-5-12(15)16/h3-6,8,10,13H,2,7,9H2,1H3/t13-/m1/s1. The Morgan fingerprint density at radius 2 is 2.10 bits per heavy atom. The van der Waals surface area contributed by atoms with Crippen LogP contribution >= 0.6 is 27.3 Å². The number of halogens is 1. The van der Waals surface area contributed by atoms with Crippen LogP contribution in [0.15, 0.2) is 45.1 Å². The lowest BCUT2D eigenvalue weighted by molar-refractivity contribution is 0.303. The van der Waals surface area contributed by atoms with Gasteiger partial charge in [-0.3, -0.25) is 0 Å². The second kappa shape index (κ2) is 5.83. The normalized spacial score (nSPS) is 19.4. The molecule has 0 bridgehead atoms. The maximum Gasteiger partial charge on any atom is 0.244 e. The van der Waals surface area contributed by atoms with Gasteiger partial charge in [0.05, 0.1) is 10.9 Å². The number of rotatable bonds is 3. The molecule has 3 rings (SSSR count). The predicted octanol–water partition coefficient (Wildman–Crippen LogP) is 4.21. The van der Waals surface area contributed by atoms with Crippen LogP contribution in [-0.4, -0.2) is 19.3 Å². The summed E-state index contributed by atoms with van der Waals surface area (Å²) in [6.07, 6.45) is 1.58. The Morgan fingerprint density at radius 1 is 1.33 bits per heavy atom. The van der Waals surface area contributed by atoms with Crippen LogP contribution < -0.4 is 0 Å². The molecule has 2 aromatic rings. The van der Waals surface area contributed by atoms with Crippen molar-refractivity contribution in [3.05, 3.63) is 50.6 Å². The molecule has 1 atom stereocenters. The van der Waals surface area contributed by atoms with Gasteiger partial charge in [0.25, 0.3) is 0 Å². The summed E-state index contributed by atoms with van der Waals surface area (Å²) >= 11 is 5.09. The van der Waals surface area contributed by atoms with E-state index >= 15 is 0 Å². The number of fused-ring (bicyclic) bond motifs is 1. The Hall–Kier alpha value is -0.690. The molecule has 0 saturated heterocycles. The number of benzene rings is 1. The molecule has 1 aliphatic rings. The van der Waals surface area contributed by atoms with Gasteiger partial charge in [0, 0.05) is 15.9 Å². The molecule has 0 N–H and O–H groups in total. The van der Waals surface area contributed by atoms with Gasteiger partial charge in [-0.05, 0) is 57.9 Å². The van der Waals surface area contributed by atoms with Gasteiger partial charge in [0.1, 0.15) is 0 Å². The lowest BCUT2D eigenvalue weighted by Crippen LogP contribution is -2.39. The third-order valence-electron chi connectivity index (χ3n) is 3.86. The van der Waals surface area contributed by atoms with Crippen LogP contribution in [0.4, 0.5) is 0 Å². The van der Waals surface area contributed by atoms with Gasteiger partial charge in [-0.25, -0.2) is 8.42 Å². The van der Waals surface area contributed by atoms with Gasteiger partial charge in [-0.1, -0.05) is 19.1 Å². The Kier molecular flexibility index (Phi) is 4.23. The largest absolute Gasteiger partial charge is 0.244 e. The van der Waals surface area contributed by atoms with Crippen LogP contribution in [0.25, 0.3) is 0 Å². The first-order valence-corrected chi connectivity index (χ1v) is 9.99. The van der Waals surface area contributed by atoms with E-state index < -0.39 is 10.0 Å². The average Bonchev–Trinajstić information content (AvgIpc) is 2.94. The smallest absolute Gasteiger partial charge is 0.207 e. The first-order valence-electron chi connectivity index (χ1n) is 6.88. The van der Waals surface area contributed by atoms with Crippen LogP contribution in [0, 0.1) is 0 Å². The molecular formula is C15H16BrNO2S2. The summed E-state index contributed by atoms with van der Waals surface area (Å²) in [5.41, 5.74) is 1.17. The fourth-order valence-corrected chi connectivity index (χ4v) is 6.44. The molecule has 0 fully saturated rings. The molecular weight excluding hydrogens is 370 g/mol. The molecule has 21 heavy (non-hydrogen) atoms. The third-order valence-corrected chi connectivity index (χ3v) is 7.77. The fourth-order valence-electron chi connectivity index (χ4n) is 2.86. The van der Waals surface area contributed by atoms with E-state index in [1.165, 1.54) is 10.4 Å². The van der Waals surface area contributed by atoms with E-state index in [4.69, 9.17) is 0 Å². The number of hydrogen-bond donors (Lipinski definition) is 0. The van der Waals surface area contributed by atoms with Gasteiger partial charge in [0.2, 0.25) is 10.0 Å². The Morgan fingerprint density at radius 3 is 2.81 bits per heavy atom. The fraction of sp³-hybridized carbons (Fsp3) is 0.333. The zero-order valence-corrected chi connectivity index (χ0v) is 14.8. The molecule has 3 nitrogen and oxygen atoms in total. The summed E-state index contributed by atoms with van der Waals surface area (Å²) in [5.74, 6) is 0. The van der Waals surface area contributed by atoms with Crippen LogP contribution in [0.2, 0.25) is 0 Å². The Labute approximate surface area is 137 Å². The van der Waals surface area contributed by atoms with E-state index in [1.54, 1.807) is 33.8 Å². The summed E-state index contributed by atoms with van der Waals surface area (Å²) in [7, 11) is -3.48. The van der Waals surface area contributed by atoms with Gasteiger partial charge in [0.15, 0.2) is 0 Å². The quantitative estimate of drug-likeness (QED) is 0.793. The second-order valence-electron chi connectivity index (χ2n) is 5.02. The molecule has 0 amide bonds. The maximum atomic E-state index is 13.0. The summed E-state index contributed by atoms with van der Waals surface area (Å²) in [6, 6.07) is 9.03. The van der Waals surface area contributed by atoms with E-state index in [1.807, 2.05) is 13.0 Å². The minimum absolute atomic E-state index is 0.0582. The van der Waals surface area contributed by atoms with Crippen molar-refractivity contribution in [2.45, 2.75) is 30.7 Å². The van der Waals surface area contributed by atoms with Gasteiger partial charge in [-0.2, -0.15) is 4.31 Å². The van der Waals surface area contributed by atoms with E-state index in [-0.39, 0.29) is 6.04 Å². The van der Waals surface area contributed by atoms with Crippen LogP contribution in [0.5, 0.6) is 0 Å². The lowest BCUT2D eigenvalue weighted by Gasteiger charge is -2.34. The highest BCUT2D eigenvalue weighted by Gasteiger charge is 2.36. The molecule has 0 aliphatic carbocycles. The summed E-state index contributed by atoms with van der Waals surface area (Å²) in [6.45, 7) is 2.59. The van der Waals surface area contributed by atoms with Crippen molar-refractivity contribution in [2.24, 2.45) is 0 Å². The third kappa shape index (κ3) is 2.59. The molecule has 6 heteroatoms. The molecule has 1 aliphatic heterocycles. The Bertz CT molecular complexity index is 755. The molecule has 0 radical (unpaired) electrons. The molecule has 0 unspecified atom stereocenters. The number of hydrogen-bond acceptors (Lipinski definition) is 3. The van der Waals surface area contributed by atoms with Gasteiger partial charge < -0.3 is 0 Å². The summed E-state index contributed by atoms with van der Waals surface area (Å²) in [4.78, 5) is 1.67. The number of thiophene rings is 1. The highest BCUT2D eigenvalue weighted by Crippen LogP contribution is 2.39. The van der Waals surface area contributed by atoms with Crippen molar-refractivity contribution in [1.29, 1.82) is 0 Å². The van der Waals surface area contributed by atoms with Crippen molar-refractivity contribution >= 4 is 37.3 Å². The minimum atomic E-state index is -3.48. The van der Waals surface area contributed by atoms with E-state index in [0.29, 0.717) is 15.9 Å². The predicted molar refractivity (Wildman–Crippen MR) is 89.1 cm³/mol. The summed E-state index contributed by atoms with van der Waals surface area (Å²) in [5, 5.41) is 2.06. The second-order valence-corrected chi connectivity index (χ2v) is 8.73. The molecule has 0 spiro atoms. The maximum absolute atomic E-state index is 13.0. The first kappa shape index (κ1) is 15.2. The van der Waals surface area contributed by atoms with Crippen molar-refractivity contribution in [1.82, 2.24) is 4.31 Å². The van der Waals surface area contributed by atoms with E-state index in [2.05, 4.69) is 27.4 Å². The van der Waals surface area contributed by atoms with Crippen molar-refractivity contribution in [3.8, 4) is 0 Å².